The minimum Gasteiger partial charge on any atom is -0.497 e. The molecule has 0 unspecified atom stereocenters. The molecule has 1 N–H and O–H groups in total. The number of nitrogens with one attached hydrogen (secondary N) is 1. The highest BCUT2D eigenvalue weighted by molar-refractivity contribution is 7.89. The van der Waals surface area contributed by atoms with Gasteiger partial charge in [0.15, 0.2) is 0 Å². The first-order valence-corrected chi connectivity index (χ1v) is 12.1. The molecule has 3 aromatic carbocycles. The molecule has 3 aromatic rings. The molecule has 0 aromatic heterocycles. The Morgan fingerprint density at radius 2 is 1.61 bits per heavy atom. The Balaban J connectivity index is 1.82. The molecule has 3 rings (SSSR count). The van der Waals surface area contributed by atoms with Gasteiger partial charge in [0.25, 0.3) is 0 Å². The van der Waals surface area contributed by atoms with E-state index in [1.807, 2.05) is 37.3 Å². The highest BCUT2D eigenvalue weighted by Crippen LogP contribution is 2.24. The number of carbonyl (C=O) groups is 1. The lowest BCUT2D eigenvalue weighted by atomic mass is 10.1. The van der Waals surface area contributed by atoms with Gasteiger partial charge in [0.1, 0.15) is 11.5 Å². The molecule has 33 heavy (non-hydrogen) atoms. The molecule has 7 nitrogen and oxygen atoms in total. The number of hydrogen-bond donors (Lipinski definition) is 1. The fraction of sp³-hybridized carbons (Fsp3) is 0.240. The van der Waals surface area contributed by atoms with Gasteiger partial charge in [-0.15, -0.1) is 0 Å². The largest absolute Gasteiger partial charge is 0.497 e. The van der Waals surface area contributed by atoms with Crippen LogP contribution in [-0.4, -0.2) is 45.4 Å². The van der Waals surface area contributed by atoms with Crippen LogP contribution in [0.4, 0.5) is 5.69 Å². The molecule has 0 heterocycles. The number of amides is 1. The zero-order valence-corrected chi connectivity index (χ0v) is 19.5. The van der Waals surface area contributed by atoms with Gasteiger partial charge >= 0.3 is 0 Å². The Hall–Kier alpha value is -3.36. The minimum absolute atomic E-state index is 0.0962. The van der Waals surface area contributed by atoms with Crippen LogP contribution in [0.2, 0.25) is 0 Å². The molecule has 0 aliphatic carbocycles. The van der Waals surface area contributed by atoms with Crippen LogP contribution >= 0.6 is 0 Å². The van der Waals surface area contributed by atoms with E-state index in [2.05, 4.69) is 5.32 Å². The minimum atomic E-state index is -3.92. The lowest BCUT2D eigenvalue weighted by Gasteiger charge is -2.22. The molecule has 174 valence electrons. The fourth-order valence-electron chi connectivity index (χ4n) is 3.28. The van der Waals surface area contributed by atoms with E-state index in [0.717, 1.165) is 5.56 Å². The molecule has 0 fully saturated rings. The number of methoxy groups -OCH3 is 1. The Bertz CT molecular complexity index is 1150. The first kappa shape index (κ1) is 24.3. The van der Waals surface area contributed by atoms with Gasteiger partial charge < -0.3 is 14.8 Å². The summed E-state index contributed by atoms with van der Waals surface area (Å²) >= 11 is 0. The number of ether oxygens (including phenoxy) is 2. The van der Waals surface area contributed by atoms with Crippen LogP contribution < -0.4 is 14.8 Å². The second-order valence-electron chi connectivity index (χ2n) is 7.23. The van der Waals surface area contributed by atoms with E-state index < -0.39 is 15.9 Å². The monoisotopic (exact) mass is 468 g/mol. The van der Waals surface area contributed by atoms with Gasteiger partial charge in [-0.3, -0.25) is 4.79 Å². The van der Waals surface area contributed by atoms with Crippen molar-refractivity contribution in [3.05, 3.63) is 84.4 Å². The zero-order valence-electron chi connectivity index (χ0n) is 18.7. The van der Waals surface area contributed by atoms with Crippen molar-refractivity contribution in [2.45, 2.75) is 18.2 Å². The molecular weight excluding hydrogens is 440 g/mol. The zero-order chi connectivity index (χ0) is 23.7. The summed E-state index contributed by atoms with van der Waals surface area (Å²) in [6, 6.07) is 22.7. The number of carbonyl (C=O) groups excluding carboxylic acids is 1. The predicted octanol–water partition coefficient (Wildman–Crippen LogP) is 3.97. The Morgan fingerprint density at radius 3 is 2.27 bits per heavy atom. The summed E-state index contributed by atoms with van der Waals surface area (Å²) in [5.74, 6) is 0.629. The van der Waals surface area contributed by atoms with E-state index in [1.54, 1.807) is 36.4 Å². The van der Waals surface area contributed by atoms with Gasteiger partial charge in [0.2, 0.25) is 15.9 Å². The van der Waals surface area contributed by atoms with Gasteiger partial charge in [-0.05, 0) is 55.3 Å². The maximum absolute atomic E-state index is 13.4. The second-order valence-corrected chi connectivity index (χ2v) is 9.17. The van der Waals surface area contributed by atoms with Gasteiger partial charge in [0, 0.05) is 6.54 Å². The average Bonchev–Trinajstić information content (AvgIpc) is 2.83. The molecule has 0 saturated carbocycles. The average molecular weight is 469 g/mol. The maximum Gasteiger partial charge on any atom is 0.243 e. The SMILES string of the molecule is CCOc1ccccc1NC(=O)CN(CCc1ccccc1)S(=O)(=O)c1ccc(OC)cc1. The Labute approximate surface area is 195 Å². The van der Waals surface area contributed by atoms with E-state index in [1.165, 1.54) is 23.5 Å². The standard InChI is InChI=1S/C25H28N2O5S/c1-3-32-24-12-8-7-11-23(24)26-25(28)19-27(18-17-20-9-5-4-6-10-20)33(29,30)22-15-13-21(31-2)14-16-22/h4-16H,3,17-19H2,1-2H3,(H,26,28). The summed E-state index contributed by atoms with van der Waals surface area (Å²) in [5.41, 5.74) is 1.48. The van der Waals surface area contributed by atoms with Crippen molar-refractivity contribution in [3.63, 3.8) is 0 Å². The van der Waals surface area contributed by atoms with Gasteiger partial charge in [-0.1, -0.05) is 42.5 Å². The number of para-hydroxylation sites is 2. The van der Waals surface area contributed by atoms with Crippen molar-refractivity contribution < 1.29 is 22.7 Å². The molecule has 0 radical (unpaired) electrons. The molecule has 0 aliphatic heterocycles. The summed E-state index contributed by atoms with van der Waals surface area (Å²) in [4.78, 5) is 13.0. The van der Waals surface area contributed by atoms with Crippen molar-refractivity contribution in [1.82, 2.24) is 4.31 Å². The van der Waals surface area contributed by atoms with Crippen LogP contribution in [0.3, 0.4) is 0 Å². The highest BCUT2D eigenvalue weighted by Gasteiger charge is 2.27. The molecule has 0 saturated heterocycles. The third kappa shape index (κ3) is 6.57. The maximum atomic E-state index is 13.4. The highest BCUT2D eigenvalue weighted by atomic mass is 32.2. The molecule has 0 spiro atoms. The van der Waals surface area contributed by atoms with Crippen molar-refractivity contribution in [3.8, 4) is 11.5 Å². The van der Waals surface area contributed by atoms with Crippen molar-refractivity contribution >= 4 is 21.6 Å². The van der Waals surface area contributed by atoms with Gasteiger partial charge in [0.05, 0.1) is 30.8 Å². The molecule has 0 atom stereocenters. The molecule has 0 aliphatic rings. The van der Waals surface area contributed by atoms with E-state index >= 15 is 0 Å². The number of hydrogen-bond acceptors (Lipinski definition) is 5. The van der Waals surface area contributed by atoms with Crippen molar-refractivity contribution in [2.24, 2.45) is 0 Å². The number of benzene rings is 3. The van der Waals surface area contributed by atoms with Crippen LogP contribution in [0, 0.1) is 0 Å². The summed E-state index contributed by atoms with van der Waals surface area (Å²) in [6.07, 6.45) is 0.471. The van der Waals surface area contributed by atoms with Crippen molar-refractivity contribution in [1.29, 1.82) is 0 Å². The third-order valence-corrected chi connectivity index (χ3v) is 6.83. The summed E-state index contributed by atoms with van der Waals surface area (Å²) in [7, 11) is -2.40. The number of anilines is 1. The van der Waals surface area contributed by atoms with Crippen LogP contribution in [0.25, 0.3) is 0 Å². The van der Waals surface area contributed by atoms with Gasteiger partial charge in [-0.25, -0.2) is 8.42 Å². The van der Waals surface area contributed by atoms with Crippen LogP contribution in [0.5, 0.6) is 11.5 Å². The van der Waals surface area contributed by atoms with Crippen molar-refractivity contribution in [2.75, 3.05) is 32.1 Å². The van der Waals surface area contributed by atoms with Gasteiger partial charge in [-0.2, -0.15) is 4.31 Å². The lowest BCUT2D eigenvalue weighted by Crippen LogP contribution is -2.39. The fourth-order valence-corrected chi connectivity index (χ4v) is 4.68. The topological polar surface area (TPSA) is 84.9 Å². The first-order valence-electron chi connectivity index (χ1n) is 10.6. The van der Waals surface area contributed by atoms with Crippen LogP contribution in [0.1, 0.15) is 12.5 Å². The molecule has 1 amide bonds. The summed E-state index contributed by atoms with van der Waals surface area (Å²) in [5, 5.41) is 2.78. The number of nitrogens with zero attached hydrogens (tertiary/aromatic N) is 1. The van der Waals surface area contributed by atoms with E-state index in [4.69, 9.17) is 9.47 Å². The number of rotatable bonds is 11. The summed E-state index contributed by atoms with van der Waals surface area (Å²) < 4.78 is 38.7. The van der Waals surface area contributed by atoms with E-state index in [9.17, 15) is 13.2 Å². The molecular formula is C25H28N2O5S. The molecule has 8 heteroatoms. The van der Waals surface area contributed by atoms with E-state index in [-0.39, 0.29) is 18.0 Å². The van der Waals surface area contributed by atoms with Crippen LogP contribution in [0.15, 0.2) is 83.8 Å². The predicted molar refractivity (Wildman–Crippen MR) is 128 cm³/mol. The van der Waals surface area contributed by atoms with Crippen LogP contribution in [-0.2, 0) is 21.2 Å². The first-order chi connectivity index (χ1) is 15.9. The van der Waals surface area contributed by atoms with E-state index in [0.29, 0.717) is 30.2 Å². The smallest absolute Gasteiger partial charge is 0.243 e. The quantitative estimate of drug-likeness (QED) is 0.460. The second kappa shape index (κ2) is 11.5. The molecule has 0 bridgehead atoms. The lowest BCUT2D eigenvalue weighted by molar-refractivity contribution is -0.116. The Kier molecular flexibility index (Phi) is 8.46. The third-order valence-electron chi connectivity index (χ3n) is 4.97. The number of sulfonamides is 1. The summed E-state index contributed by atoms with van der Waals surface area (Å²) in [6.45, 7) is 2.12. The normalized spacial score (nSPS) is 11.2. The Morgan fingerprint density at radius 1 is 0.939 bits per heavy atom.